The van der Waals surface area contributed by atoms with Gasteiger partial charge in [0.2, 0.25) is 21.8 Å². The Morgan fingerprint density at radius 2 is 1.88 bits per heavy atom. The Bertz CT molecular complexity index is 1320. The Labute approximate surface area is 249 Å². The molecular formula is C30H44N4O7S. The van der Waals surface area contributed by atoms with Crippen LogP contribution in [0, 0.1) is 5.92 Å². The molecule has 1 aliphatic heterocycles. The molecule has 0 saturated carbocycles. The third kappa shape index (κ3) is 8.66. The Morgan fingerprint density at radius 3 is 2.50 bits per heavy atom. The molecule has 3 atom stereocenters. The van der Waals surface area contributed by atoms with Crippen LogP contribution in [0.5, 0.6) is 11.5 Å². The first-order chi connectivity index (χ1) is 19.8. The smallest absolute Gasteiger partial charge is 0.242 e. The molecule has 1 aliphatic rings. The van der Waals surface area contributed by atoms with E-state index in [4.69, 9.17) is 9.47 Å². The minimum atomic E-state index is -3.85. The number of nitrogens with one attached hydrogen (secondary N) is 1. The Hall–Kier alpha value is -3.19. The van der Waals surface area contributed by atoms with Gasteiger partial charge in [0.15, 0.2) is 0 Å². The maximum atomic E-state index is 13.4. The first-order valence-corrected chi connectivity index (χ1v) is 15.5. The SMILES string of the molecule is COc1ccc(S(=O)(=O)N(C)C[C@H]2Oc3ccc(NC(=O)CCCN(C)C)cc3CC(=O)N([C@@H](C)CO)C[C@@H]2C)cc1. The van der Waals surface area contributed by atoms with Crippen molar-refractivity contribution in [2.75, 3.05) is 59.8 Å². The number of hydrogen-bond acceptors (Lipinski definition) is 8. The summed E-state index contributed by atoms with van der Waals surface area (Å²) in [6.45, 7) is 4.53. The van der Waals surface area contributed by atoms with Crippen LogP contribution in [0.3, 0.4) is 0 Å². The van der Waals surface area contributed by atoms with Gasteiger partial charge in [0.25, 0.3) is 0 Å². The number of carbonyl (C=O) groups is 2. The first-order valence-electron chi connectivity index (χ1n) is 14.1. The van der Waals surface area contributed by atoms with Crippen molar-refractivity contribution >= 4 is 27.5 Å². The lowest BCUT2D eigenvalue weighted by molar-refractivity contribution is -0.134. The molecule has 0 saturated heterocycles. The molecular weight excluding hydrogens is 560 g/mol. The lowest BCUT2D eigenvalue weighted by atomic mass is 10.0. The molecule has 2 aromatic carbocycles. The van der Waals surface area contributed by atoms with E-state index in [-0.39, 0.29) is 48.7 Å². The fraction of sp³-hybridized carbons (Fsp3) is 0.533. The van der Waals surface area contributed by atoms with Crippen LogP contribution in [-0.2, 0) is 26.0 Å². The number of sulfonamides is 1. The second kappa shape index (κ2) is 14.8. The molecule has 0 unspecified atom stereocenters. The van der Waals surface area contributed by atoms with Gasteiger partial charge < -0.3 is 29.7 Å². The van der Waals surface area contributed by atoms with Crippen molar-refractivity contribution < 1.29 is 32.6 Å². The van der Waals surface area contributed by atoms with E-state index >= 15 is 0 Å². The maximum Gasteiger partial charge on any atom is 0.242 e. The predicted molar refractivity (Wildman–Crippen MR) is 161 cm³/mol. The van der Waals surface area contributed by atoms with Gasteiger partial charge in [-0.15, -0.1) is 0 Å². The fourth-order valence-electron chi connectivity index (χ4n) is 4.78. The van der Waals surface area contributed by atoms with Crippen molar-refractivity contribution in [1.82, 2.24) is 14.1 Å². The summed E-state index contributed by atoms with van der Waals surface area (Å²) in [5.41, 5.74) is 1.12. The van der Waals surface area contributed by atoms with E-state index in [9.17, 15) is 23.1 Å². The first kappa shape index (κ1) is 33.3. The number of aliphatic hydroxyl groups is 1. The fourth-order valence-corrected chi connectivity index (χ4v) is 5.97. The molecule has 0 radical (unpaired) electrons. The van der Waals surface area contributed by atoms with E-state index in [1.54, 1.807) is 42.2 Å². The number of aliphatic hydroxyl groups excluding tert-OH is 1. The monoisotopic (exact) mass is 604 g/mol. The summed E-state index contributed by atoms with van der Waals surface area (Å²) in [7, 11) is 3.07. The summed E-state index contributed by atoms with van der Waals surface area (Å²) in [5, 5.41) is 12.8. The van der Waals surface area contributed by atoms with Crippen molar-refractivity contribution in [3.8, 4) is 11.5 Å². The number of hydrogen-bond donors (Lipinski definition) is 2. The number of benzene rings is 2. The Morgan fingerprint density at radius 1 is 1.19 bits per heavy atom. The number of amides is 2. The minimum Gasteiger partial charge on any atom is -0.497 e. The molecule has 2 aromatic rings. The van der Waals surface area contributed by atoms with E-state index in [1.807, 2.05) is 25.9 Å². The molecule has 2 amide bonds. The zero-order valence-electron chi connectivity index (χ0n) is 25.4. The highest BCUT2D eigenvalue weighted by atomic mass is 32.2. The quantitative estimate of drug-likeness (QED) is 0.378. The van der Waals surface area contributed by atoms with Gasteiger partial charge in [-0.25, -0.2) is 8.42 Å². The van der Waals surface area contributed by atoms with E-state index in [0.29, 0.717) is 35.6 Å². The summed E-state index contributed by atoms with van der Waals surface area (Å²) < 4.78 is 39.6. The number of ether oxygens (including phenoxy) is 2. The lowest BCUT2D eigenvalue weighted by Gasteiger charge is -2.33. The summed E-state index contributed by atoms with van der Waals surface area (Å²) in [5.74, 6) is 0.397. The molecule has 1 heterocycles. The third-order valence-electron chi connectivity index (χ3n) is 7.41. The lowest BCUT2D eigenvalue weighted by Crippen LogP contribution is -2.48. The van der Waals surface area contributed by atoms with Gasteiger partial charge in [0, 0.05) is 37.2 Å². The van der Waals surface area contributed by atoms with Crippen LogP contribution >= 0.6 is 0 Å². The van der Waals surface area contributed by atoms with Crippen molar-refractivity contribution in [3.05, 3.63) is 48.0 Å². The number of rotatable bonds is 12. The van der Waals surface area contributed by atoms with E-state index in [1.165, 1.54) is 30.6 Å². The average Bonchev–Trinajstić information content (AvgIpc) is 2.99. The Kier molecular flexibility index (Phi) is 11.7. The number of likely N-dealkylation sites (N-methyl/N-ethyl adjacent to an activating group) is 1. The van der Waals surface area contributed by atoms with Crippen molar-refractivity contribution in [2.45, 2.75) is 50.2 Å². The van der Waals surface area contributed by atoms with Crippen LogP contribution in [0.2, 0.25) is 0 Å². The molecule has 2 N–H and O–H groups in total. The van der Waals surface area contributed by atoms with Crippen molar-refractivity contribution in [2.24, 2.45) is 5.92 Å². The molecule has 0 aliphatic carbocycles. The summed E-state index contributed by atoms with van der Waals surface area (Å²) in [6.07, 6.45) is 0.462. The topological polar surface area (TPSA) is 129 Å². The van der Waals surface area contributed by atoms with Gasteiger partial charge in [-0.05, 0) is 76.4 Å². The molecule has 11 nitrogen and oxygen atoms in total. The predicted octanol–water partition coefficient (Wildman–Crippen LogP) is 2.45. The number of anilines is 1. The zero-order valence-corrected chi connectivity index (χ0v) is 26.2. The minimum absolute atomic E-state index is 0.00341. The van der Waals surface area contributed by atoms with E-state index < -0.39 is 22.2 Å². The summed E-state index contributed by atoms with van der Waals surface area (Å²) in [4.78, 5) is 29.7. The molecule has 0 spiro atoms. The van der Waals surface area contributed by atoms with Crippen LogP contribution in [0.15, 0.2) is 47.4 Å². The normalized spacial score (nSPS) is 18.5. The standard InChI is InChI=1S/C30H44N4O7S/c1-21-18-34(22(2)20-35)30(37)17-23-16-24(31-29(36)8-7-15-32(3)4)9-14-27(23)41-28(21)19-33(5)42(38,39)26-12-10-25(40-6)11-13-26/h9-14,16,21-22,28,35H,7-8,15,17-20H2,1-6H3,(H,31,36)/t21-,22-,28+/m0/s1. The third-order valence-corrected chi connectivity index (χ3v) is 9.25. The van der Waals surface area contributed by atoms with Gasteiger partial charge in [-0.1, -0.05) is 6.92 Å². The molecule has 0 fully saturated rings. The Balaban J connectivity index is 1.89. The van der Waals surface area contributed by atoms with E-state index in [2.05, 4.69) is 5.32 Å². The average molecular weight is 605 g/mol. The van der Waals surface area contributed by atoms with Crippen LogP contribution in [0.25, 0.3) is 0 Å². The van der Waals surface area contributed by atoms with Gasteiger partial charge in [0.1, 0.15) is 17.6 Å². The number of methoxy groups -OCH3 is 1. The molecule has 3 rings (SSSR count). The number of carbonyl (C=O) groups excluding carboxylic acids is 2. The van der Waals surface area contributed by atoms with Crippen molar-refractivity contribution in [1.29, 1.82) is 0 Å². The van der Waals surface area contributed by atoms with Crippen LogP contribution in [0.1, 0.15) is 32.3 Å². The van der Waals surface area contributed by atoms with Crippen LogP contribution in [0.4, 0.5) is 5.69 Å². The molecule has 0 bridgehead atoms. The largest absolute Gasteiger partial charge is 0.497 e. The summed E-state index contributed by atoms with van der Waals surface area (Å²) >= 11 is 0. The number of nitrogens with zero attached hydrogens (tertiary/aromatic N) is 3. The molecule has 12 heteroatoms. The highest BCUT2D eigenvalue weighted by molar-refractivity contribution is 7.89. The van der Waals surface area contributed by atoms with Gasteiger partial charge in [0.05, 0.1) is 37.6 Å². The molecule has 42 heavy (non-hydrogen) atoms. The van der Waals surface area contributed by atoms with Crippen molar-refractivity contribution in [3.63, 3.8) is 0 Å². The van der Waals surface area contributed by atoms with Gasteiger partial charge >= 0.3 is 0 Å². The van der Waals surface area contributed by atoms with E-state index in [0.717, 1.165) is 6.54 Å². The number of fused-ring (bicyclic) bond motifs is 1. The van der Waals surface area contributed by atoms with Gasteiger partial charge in [-0.2, -0.15) is 4.31 Å². The van der Waals surface area contributed by atoms with Gasteiger partial charge in [-0.3, -0.25) is 9.59 Å². The second-order valence-electron chi connectivity index (χ2n) is 11.1. The highest BCUT2D eigenvalue weighted by Gasteiger charge is 2.33. The van der Waals surface area contributed by atoms with Crippen LogP contribution < -0.4 is 14.8 Å². The van der Waals surface area contributed by atoms with Crippen LogP contribution in [-0.4, -0.2) is 106 Å². The highest BCUT2D eigenvalue weighted by Crippen LogP contribution is 2.30. The molecule has 232 valence electrons. The second-order valence-corrected chi connectivity index (χ2v) is 13.2. The maximum absolute atomic E-state index is 13.4. The summed E-state index contributed by atoms with van der Waals surface area (Å²) in [6, 6.07) is 10.9. The molecule has 0 aromatic heterocycles. The zero-order chi connectivity index (χ0) is 31.0.